The Morgan fingerprint density at radius 1 is 0.633 bits per heavy atom. The van der Waals surface area contributed by atoms with Crippen LogP contribution >= 0.6 is 0 Å². The summed E-state index contributed by atoms with van der Waals surface area (Å²) in [5.74, 6) is -0.811. The highest BCUT2D eigenvalue weighted by molar-refractivity contribution is 6.53. The minimum atomic E-state index is -0.967. The van der Waals surface area contributed by atoms with Crippen LogP contribution in [0.15, 0.2) is 9.98 Å². The number of rotatable bonds is 0. The van der Waals surface area contributed by atoms with Gasteiger partial charge in [-0.25, -0.2) is 4.98 Å². The fourth-order valence-corrected chi connectivity index (χ4v) is 3.06. The molecule has 2 atom stereocenters. The topological polar surface area (TPSA) is 161 Å². The zero-order valence-corrected chi connectivity index (χ0v) is 14.5. The van der Waals surface area contributed by atoms with Crippen LogP contribution in [0.4, 0.5) is 17.5 Å². The van der Waals surface area contributed by atoms with Gasteiger partial charge >= 0.3 is 5.82 Å². The third kappa shape index (κ3) is 2.34. The van der Waals surface area contributed by atoms with Crippen molar-refractivity contribution in [3.63, 3.8) is 0 Å². The van der Waals surface area contributed by atoms with Crippen molar-refractivity contribution in [2.45, 2.75) is 12.1 Å². The van der Waals surface area contributed by atoms with Gasteiger partial charge < -0.3 is 14.5 Å². The second kappa shape index (κ2) is 6.55. The van der Waals surface area contributed by atoms with E-state index in [0.717, 1.165) is 0 Å². The number of hydrogen-bond donors (Lipinski definition) is 0. The molecule has 2 aliphatic rings. The lowest BCUT2D eigenvalue weighted by Gasteiger charge is -2.26. The molecule has 12 nitrogen and oxygen atoms in total. The Labute approximate surface area is 168 Å². The quantitative estimate of drug-likeness (QED) is 0.628. The summed E-state index contributed by atoms with van der Waals surface area (Å²) in [4.78, 5) is 34.8. The molecular formula is C18H2N12. The first kappa shape index (κ1) is 17.8. The van der Waals surface area contributed by atoms with Crippen molar-refractivity contribution in [3.05, 3.63) is 51.3 Å². The molecule has 0 saturated heterocycles. The third-order valence-electron chi connectivity index (χ3n) is 4.27. The van der Waals surface area contributed by atoms with Crippen LogP contribution in [-0.4, -0.2) is 31.4 Å². The number of nitriles is 3. The van der Waals surface area contributed by atoms with E-state index < -0.39 is 12.1 Å². The number of fused-ring (bicyclic) bond motifs is 6. The minimum absolute atomic E-state index is 0.0572. The summed E-state index contributed by atoms with van der Waals surface area (Å²) in [5, 5.41) is 28.0. The van der Waals surface area contributed by atoms with Crippen LogP contribution in [-0.2, 0) is 0 Å². The van der Waals surface area contributed by atoms with Gasteiger partial charge in [0.15, 0.2) is 17.1 Å². The third-order valence-corrected chi connectivity index (χ3v) is 4.27. The van der Waals surface area contributed by atoms with E-state index in [1.54, 1.807) is 18.2 Å². The zero-order valence-electron chi connectivity index (χ0n) is 14.5. The zero-order chi connectivity index (χ0) is 21.4. The van der Waals surface area contributed by atoms with E-state index in [2.05, 4.69) is 44.5 Å². The number of nitrogens with zero attached hydrogens (tertiary/aromatic N) is 12. The van der Waals surface area contributed by atoms with Crippen LogP contribution in [0.1, 0.15) is 29.2 Å². The molecule has 1 aliphatic heterocycles. The summed E-state index contributed by atoms with van der Waals surface area (Å²) in [6, 6.07) is 3.45. The second-order valence-electron chi connectivity index (χ2n) is 5.75. The Balaban J connectivity index is 2.14. The maximum atomic E-state index is 9.32. The van der Waals surface area contributed by atoms with Gasteiger partial charge in [-0.05, 0) is 0 Å². The van der Waals surface area contributed by atoms with E-state index in [9.17, 15) is 15.8 Å². The van der Waals surface area contributed by atoms with Crippen LogP contribution < -0.4 is 0 Å². The number of hydrogen-bond acceptors (Lipinski definition) is 9. The summed E-state index contributed by atoms with van der Waals surface area (Å²) in [6.45, 7) is 21.7. The van der Waals surface area contributed by atoms with Crippen LogP contribution in [0, 0.1) is 53.7 Å². The van der Waals surface area contributed by atoms with Crippen LogP contribution in [0.5, 0.6) is 0 Å². The standard InChI is InChI=1S/C18H2N12/c1-22-16-9(6-21)27-12-10-11(26-8(5-20)7(4-19)25-10)14-15(13(12)28-16)30-18(24-3)17(23-2)29-14/h10-11H. The molecule has 0 spiro atoms. The van der Waals surface area contributed by atoms with Crippen molar-refractivity contribution in [2.24, 2.45) is 9.98 Å². The Morgan fingerprint density at radius 3 is 1.57 bits per heavy atom. The predicted octanol–water partition coefficient (Wildman–Crippen LogP) is 2.50. The Morgan fingerprint density at radius 2 is 1.10 bits per heavy atom. The number of aromatic nitrogens is 4. The van der Waals surface area contributed by atoms with Crippen LogP contribution in [0.3, 0.4) is 0 Å². The summed E-state index contributed by atoms with van der Waals surface area (Å²) in [7, 11) is 0. The van der Waals surface area contributed by atoms with Gasteiger partial charge in [0.2, 0.25) is 11.4 Å². The fourth-order valence-electron chi connectivity index (χ4n) is 3.06. The Kier molecular flexibility index (Phi) is 3.90. The summed E-state index contributed by atoms with van der Waals surface area (Å²) in [5.41, 5.74) is -0.338. The molecule has 30 heavy (non-hydrogen) atoms. The van der Waals surface area contributed by atoms with Gasteiger partial charge in [0.25, 0.3) is 17.3 Å². The first-order valence-electron chi connectivity index (χ1n) is 7.93. The molecule has 0 radical (unpaired) electrons. The lowest BCUT2D eigenvalue weighted by Crippen LogP contribution is -2.28. The molecule has 2 aromatic heterocycles. The van der Waals surface area contributed by atoms with Gasteiger partial charge in [0.1, 0.15) is 36.0 Å². The van der Waals surface area contributed by atoms with Crippen molar-refractivity contribution in [1.29, 1.82) is 15.8 Å². The number of aliphatic imine (C=N–C) groups is 2. The normalized spacial score (nSPS) is 17.5. The molecule has 0 bridgehead atoms. The SMILES string of the molecule is [C-]#[N+]c1nc2c(nc1C#N)C1N=C(C#N)C(C#N)=NC1c1nc([N+]#[C-])c([N+]#[C-])nc1-2. The van der Waals surface area contributed by atoms with Crippen molar-refractivity contribution in [3.8, 4) is 29.6 Å². The molecule has 0 N–H and O–H groups in total. The lowest BCUT2D eigenvalue weighted by molar-refractivity contribution is 0.537. The van der Waals surface area contributed by atoms with Crippen molar-refractivity contribution in [1.82, 2.24) is 19.9 Å². The Bertz CT molecular complexity index is 1360. The smallest absolute Gasteiger partial charge is 0.307 e. The predicted molar refractivity (Wildman–Crippen MR) is 98.1 cm³/mol. The van der Waals surface area contributed by atoms with Gasteiger partial charge in [0.05, 0.1) is 0 Å². The average molecular weight is 386 g/mol. The molecule has 0 aromatic carbocycles. The fraction of sp³-hybridized carbons (Fsp3) is 0.111. The molecule has 1 aliphatic carbocycles. The molecule has 0 amide bonds. The van der Waals surface area contributed by atoms with Crippen molar-refractivity contribution in [2.75, 3.05) is 0 Å². The average Bonchev–Trinajstić information content (AvgIpc) is 2.81. The van der Waals surface area contributed by atoms with Crippen molar-refractivity contribution >= 4 is 28.9 Å². The highest BCUT2D eigenvalue weighted by Crippen LogP contribution is 2.48. The van der Waals surface area contributed by atoms with Gasteiger partial charge in [-0.3, -0.25) is 9.98 Å². The monoisotopic (exact) mass is 386 g/mol. The largest absolute Gasteiger partial charge is 0.370 e. The van der Waals surface area contributed by atoms with Gasteiger partial charge in [-0.15, -0.1) is 15.0 Å². The summed E-state index contributed by atoms with van der Waals surface area (Å²) >= 11 is 0. The molecule has 2 aromatic rings. The van der Waals surface area contributed by atoms with Crippen LogP contribution in [0.2, 0.25) is 0 Å². The van der Waals surface area contributed by atoms with Crippen molar-refractivity contribution < 1.29 is 0 Å². The first-order chi connectivity index (χ1) is 14.6. The summed E-state index contributed by atoms with van der Waals surface area (Å²) in [6.07, 6.45) is 0. The lowest BCUT2D eigenvalue weighted by atomic mass is 9.89. The highest BCUT2D eigenvalue weighted by atomic mass is 15.1. The molecule has 0 fully saturated rings. The molecule has 134 valence electrons. The van der Waals surface area contributed by atoms with E-state index in [-0.39, 0.29) is 57.3 Å². The maximum absolute atomic E-state index is 9.32. The van der Waals surface area contributed by atoms with Gasteiger partial charge in [-0.2, -0.15) is 15.8 Å². The molecule has 12 heteroatoms. The van der Waals surface area contributed by atoms with E-state index in [1.165, 1.54) is 0 Å². The first-order valence-corrected chi connectivity index (χ1v) is 7.93. The highest BCUT2D eigenvalue weighted by Gasteiger charge is 2.47. The molecule has 2 unspecified atom stereocenters. The molecular weight excluding hydrogens is 384 g/mol. The van der Waals surface area contributed by atoms with E-state index in [4.69, 9.17) is 19.7 Å². The van der Waals surface area contributed by atoms with E-state index >= 15 is 0 Å². The molecule has 3 heterocycles. The Hall–Kier alpha value is -5.56. The minimum Gasteiger partial charge on any atom is -0.370 e. The van der Waals surface area contributed by atoms with Gasteiger partial charge in [-0.1, -0.05) is 19.7 Å². The summed E-state index contributed by atoms with van der Waals surface area (Å²) < 4.78 is 0. The second-order valence-corrected chi connectivity index (χ2v) is 5.75. The van der Waals surface area contributed by atoms with E-state index in [0.29, 0.717) is 0 Å². The van der Waals surface area contributed by atoms with Crippen LogP contribution in [0.25, 0.3) is 25.9 Å². The van der Waals surface area contributed by atoms with E-state index in [1.807, 2.05) is 0 Å². The van der Waals surface area contributed by atoms with Gasteiger partial charge in [0, 0.05) is 0 Å². The molecule has 4 rings (SSSR count). The molecule has 0 saturated carbocycles. The maximum Gasteiger partial charge on any atom is 0.307 e.